The first kappa shape index (κ1) is 18.9. The predicted molar refractivity (Wildman–Crippen MR) is 100 cm³/mol. The lowest BCUT2D eigenvalue weighted by Crippen LogP contribution is -2.45. The Bertz CT molecular complexity index is 668. The van der Waals surface area contributed by atoms with E-state index in [9.17, 15) is 9.59 Å². The lowest BCUT2D eigenvalue weighted by molar-refractivity contribution is -0.142. The molecule has 6 heteroatoms. The molecule has 2 heterocycles. The van der Waals surface area contributed by atoms with Crippen molar-refractivity contribution in [1.29, 1.82) is 0 Å². The Balaban J connectivity index is 1.53. The van der Waals surface area contributed by atoms with Crippen LogP contribution in [0.15, 0.2) is 0 Å². The van der Waals surface area contributed by atoms with Gasteiger partial charge in [0, 0.05) is 56.8 Å². The van der Waals surface area contributed by atoms with Crippen LogP contribution in [0.2, 0.25) is 0 Å². The van der Waals surface area contributed by atoms with Gasteiger partial charge in [-0.2, -0.15) is 5.10 Å². The zero-order valence-electron chi connectivity index (χ0n) is 16.6. The molecule has 1 saturated carbocycles. The molecular formula is C20H32N4O2. The second-order valence-corrected chi connectivity index (χ2v) is 8.05. The molecule has 2 aliphatic rings. The van der Waals surface area contributed by atoms with Gasteiger partial charge < -0.3 is 9.80 Å². The number of rotatable bonds is 4. The third kappa shape index (κ3) is 3.79. The third-order valence-electron chi connectivity index (χ3n) is 6.29. The van der Waals surface area contributed by atoms with Gasteiger partial charge in [0.25, 0.3) is 0 Å². The van der Waals surface area contributed by atoms with Crippen molar-refractivity contribution in [3.8, 4) is 0 Å². The molecule has 0 radical (unpaired) electrons. The summed E-state index contributed by atoms with van der Waals surface area (Å²) in [6.07, 6.45) is 6.03. The molecule has 0 N–H and O–H groups in total. The number of piperidine rings is 1. The molecule has 2 fully saturated rings. The Morgan fingerprint density at radius 3 is 2.23 bits per heavy atom. The van der Waals surface area contributed by atoms with Crippen LogP contribution in [-0.4, -0.2) is 51.5 Å². The van der Waals surface area contributed by atoms with Gasteiger partial charge in [0.05, 0.1) is 5.69 Å². The predicted octanol–water partition coefficient (Wildman–Crippen LogP) is 2.42. The number of carbonyl (C=O) groups excluding carboxylic acids is 2. The third-order valence-corrected chi connectivity index (χ3v) is 6.29. The molecule has 1 aliphatic carbocycles. The van der Waals surface area contributed by atoms with Gasteiger partial charge in [-0.05, 0) is 39.5 Å². The molecule has 0 atom stereocenters. The van der Waals surface area contributed by atoms with E-state index in [4.69, 9.17) is 0 Å². The van der Waals surface area contributed by atoms with E-state index in [0.717, 1.165) is 55.7 Å². The molecule has 3 rings (SSSR count). The van der Waals surface area contributed by atoms with Crippen LogP contribution in [0, 0.1) is 25.7 Å². The van der Waals surface area contributed by atoms with Gasteiger partial charge in [0.1, 0.15) is 0 Å². The molecule has 0 bridgehead atoms. The van der Waals surface area contributed by atoms with E-state index in [2.05, 4.69) is 5.10 Å². The Kier molecular flexibility index (Phi) is 5.68. The molecule has 6 nitrogen and oxygen atoms in total. The van der Waals surface area contributed by atoms with E-state index in [1.165, 1.54) is 12.8 Å². The number of hydrogen-bond acceptors (Lipinski definition) is 3. The fourth-order valence-corrected chi connectivity index (χ4v) is 4.45. The minimum absolute atomic E-state index is 0.0323. The average Bonchev–Trinajstić information content (AvgIpc) is 3.25. The minimum atomic E-state index is 0.0323. The molecule has 0 unspecified atom stereocenters. The first-order chi connectivity index (χ1) is 12.4. The van der Waals surface area contributed by atoms with Crippen LogP contribution < -0.4 is 0 Å². The highest BCUT2D eigenvalue weighted by atomic mass is 16.2. The van der Waals surface area contributed by atoms with Crippen molar-refractivity contribution >= 4 is 11.8 Å². The minimum Gasteiger partial charge on any atom is -0.342 e. The van der Waals surface area contributed by atoms with Crippen molar-refractivity contribution in [2.24, 2.45) is 18.9 Å². The largest absolute Gasteiger partial charge is 0.342 e. The number of carbonyl (C=O) groups is 2. The van der Waals surface area contributed by atoms with Crippen LogP contribution in [0.4, 0.5) is 0 Å². The number of nitrogens with zero attached hydrogens (tertiary/aromatic N) is 4. The number of amides is 2. The van der Waals surface area contributed by atoms with Gasteiger partial charge in [-0.15, -0.1) is 0 Å². The maximum absolute atomic E-state index is 12.9. The topological polar surface area (TPSA) is 58.4 Å². The summed E-state index contributed by atoms with van der Waals surface area (Å²) in [6.45, 7) is 6.09. The van der Waals surface area contributed by atoms with Crippen LogP contribution >= 0.6 is 0 Å². The summed E-state index contributed by atoms with van der Waals surface area (Å²) in [5.74, 6) is 0.787. The van der Waals surface area contributed by atoms with Gasteiger partial charge in [-0.25, -0.2) is 0 Å². The van der Waals surface area contributed by atoms with Crippen LogP contribution in [-0.2, 0) is 23.2 Å². The molecule has 0 aromatic carbocycles. The highest BCUT2D eigenvalue weighted by Gasteiger charge is 2.33. The maximum atomic E-state index is 12.9. The van der Waals surface area contributed by atoms with Crippen molar-refractivity contribution in [1.82, 2.24) is 19.6 Å². The zero-order chi connectivity index (χ0) is 18.8. The Hall–Kier alpha value is -1.85. The van der Waals surface area contributed by atoms with Crippen LogP contribution in [0.25, 0.3) is 0 Å². The second-order valence-electron chi connectivity index (χ2n) is 8.05. The van der Waals surface area contributed by atoms with Crippen LogP contribution in [0.1, 0.15) is 55.5 Å². The molecular weight excluding hydrogens is 328 g/mol. The second kappa shape index (κ2) is 7.80. The molecule has 26 heavy (non-hydrogen) atoms. The first-order valence-corrected chi connectivity index (χ1v) is 9.91. The first-order valence-electron chi connectivity index (χ1n) is 9.91. The van der Waals surface area contributed by atoms with Crippen molar-refractivity contribution < 1.29 is 9.59 Å². The summed E-state index contributed by atoms with van der Waals surface area (Å²) in [5, 5.41) is 4.44. The lowest BCUT2D eigenvalue weighted by atomic mass is 9.94. The van der Waals surface area contributed by atoms with Crippen molar-refractivity contribution in [3.05, 3.63) is 17.0 Å². The van der Waals surface area contributed by atoms with Crippen LogP contribution in [0.5, 0.6) is 0 Å². The molecule has 1 aromatic rings. The molecule has 1 aliphatic heterocycles. The summed E-state index contributed by atoms with van der Waals surface area (Å²) in [6, 6.07) is 0. The highest BCUT2D eigenvalue weighted by molar-refractivity contribution is 5.81. The molecule has 1 aromatic heterocycles. The van der Waals surface area contributed by atoms with Crippen LogP contribution in [0.3, 0.4) is 0 Å². The number of aryl methyl sites for hydroxylation is 2. The van der Waals surface area contributed by atoms with E-state index >= 15 is 0 Å². The Labute approximate surface area is 156 Å². The number of aromatic nitrogens is 2. The SMILES string of the molecule is Cc1nn(C)c(C)c1CN(C)C(=O)C1CCN(C(=O)C2CCCC2)CC1. The van der Waals surface area contributed by atoms with Crippen molar-refractivity contribution in [3.63, 3.8) is 0 Å². The standard InChI is InChI=1S/C20H32N4O2/c1-14-18(15(2)23(4)21-14)13-22(3)19(25)17-9-11-24(12-10-17)20(26)16-7-5-6-8-16/h16-17H,5-13H2,1-4H3. The molecule has 0 spiro atoms. The van der Waals surface area contributed by atoms with Gasteiger partial charge >= 0.3 is 0 Å². The van der Waals surface area contributed by atoms with Crippen molar-refractivity contribution in [2.45, 2.75) is 58.9 Å². The van der Waals surface area contributed by atoms with E-state index in [1.54, 1.807) is 0 Å². The highest BCUT2D eigenvalue weighted by Crippen LogP contribution is 2.29. The van der Waals surface area contributed by atoms with E-state index < -0.39 is 0 Å². The van der Waals surface area contributed by atoms with E-state index in [0.29, 0.717) is 12.5 Å². The average molecular weight is 361 g/mol. The summed E-state index contributed by atoms with van der Waals surface area (Å²) in [4.78, 5) is 29.2. The quantitative estimate of drug-likeness (QED) is 0.828. The summed E-state index contributed by atoms with van der Waals surface area (Å²) >= 11 is 0. The van der Waals surface area contributed by atoms with E-state index in [1.807, 2.05) is 42.4 Å². The molecule has 1 saturated heterocycles. The van der Waals surface area contributed by atoms with E-state index in [-0.39, 0.29) is 17.7 Å². The number of hydrogen-bond donors (Lipinski definition) is 0. The fraction of sp³-hybridized carbons (Fsp3) is 0.750. The zero-order valence-corrected chi connectivity index (χ0v) is 16.6. The van der Waals surface area contributed by atoms with Gasteiger partial charge in [0.2, 0.25) is 11.8 Å². The van der Waals surface area contributed by atoms with Gasteiger partial charge in [0.15, 0.2) is 0 Å². The van der Waals surface area contributed by atoms with Gasteiger partial charge in [-0.3, -0.25) is 14.3 Å². The summed E-state index contributed by atoms with van der Waals surface area (Å²) < 4.78 is 1.87. The lowest BCUT2D eigenvalue weighted by Gasteiger charge is -2.34. The Morgan fingerprint density at radius 1 is 1.08 bits per heavy atom. The van der Waals surface area contributed by atoms with Gasteiger partial charge in [-0.1, -0.05) is 12.8 Å². The number of likely N-dealkylation sites (tertiary alicyclic amines) is 1. The molecule has 144 valence electrons. The fourth-order valence-electron chi connectivity index (χ4n) is 4.45. The summed E-state index contributed by atoms with van der Waals surface area (Å²) in [7, 11) is 3.81. The maximum Gasteiger partial charge on any atom is 0.225 e. The summed E-state index contributed by atoms with van der Waals surface area (Å²) in [5.41, 5.74) is 3.23. The van der Waals surface area contributed by atoms with Crippen molar-refractivity contribution in [2.75, 3.05) is 20.1 Å². The normalized spacial score (nSPS) is 19.2. The molecule has 2 amide bonds. The monoisotopic (exact) mass is 360 g/mol. The Morgan fingerprint density at radius 2 is 1.69 bits per heavy atom. The smallest absolute Gasteiger partial charge is 0.225 e.